The minimum atomic E-state index is 0.884. The summed E-state index contributed by atoms with van der Waals surface area (Å²) >= 11 is 1.68. The Morgan fingerprint density at radius 3 is 1.76 bits per heavy atom. The lowest BCUT2D eigenvalue weighted by Gasteiger charge is -2.09. The van der Waals surface area contributed by atoms with Gasteiger partial charge >= 0.3 is 0 Å². The van der Waals surface area contributed by atoms with Crippen LogP contribution < -0.4 is 0 Å². The van der Waals surface area contributed by atoms with Crippen LogP contribution in [-0.2, 0) is 0 Å². The van der Waals surface area contributed by atoms with Gasteiger partial charge in [-0.1, -0.05) is 60.2 Å². The SMILES string of the molecule is Cc1ccc2c(c1)c1cc(-c3ccc4scnc4c3)ccc1n2-c1ccc2oc3ccc(-n4c5ccccc5c5ccccc54)cc3c2c1. The molecule has 0 saturated carbocycles. The molecule has 49 heavy (non-hydrogen) atoms. The lowest BCUT2D eigenvalue weighted by Crippen LogP contribution is -1.94. The van der Waals surface area contributed by atoms with Crippen molar-refractivity contribution in [1.82, 2.24) is 14.1 Å². The van der Waals surface area contributed by atoms with Crippen LogP contribution in [0.5, 0.6) is 0 Å². The van der Waals surface area contributed by atoms with Crippen molar-refractivity contribution in [2.45, 2.75) is 6.92 Å². The van der Waals surface area contributed by atoms with Gasteiger partial charge in [-0.2, -0.15) is 0 Å². The van der Waals surface area contributed by atoms with Crippen LogP contribution in [0.1, 0.15) is 5.56 Å². The average Bonchev–Trinajstić information content (AvgIpc) is 3.91. The summed E-state index contributed by atoms with van der Waals surface area (Å²) < 4.78 is 12.4. The molecule has 7 aromatic carbocycles. The number of benzene rings is 7. The molecule has 5 heteroatoms. The van der Waals surface area contributed by atoms with Gasteiger partial charge in [-0.3, -0.25) is 0 Å². The molecule has 0 aliphatic carbocycles. The zero-order chi connectivity index (χ0) is 32.2. The van der Waals surface area contributed by atoms with E-state index in [0.717, 1.165) is 38.8 Å². The van der Waals surface area contributed by atoms with Gasteiger partial charge in [0.15, 0.2) is 0 Å². The summed E-state index contributed by atoms with van der Waals surface area (Å²) in [7, 11) is 0. The number of fused-ring (bicyclic) bond motifs is 10. The molecule has 11 aromatic rings. The number of para-hydroxylation sites is 2. The smallest absolute Gasteiger partial charge is 0.135 e. The number of nitrogens with zero attached hydrogens (tertiary/aromatic N) is 3. The third kappa shape index (κ3) is 3.88. The van der Waals surface area contributed by atoms with E-state index < -0.39 is 0 Å². The summed E-state index contributed by atoms with van der Waals surface area (Å²) in [6, 6.07) is 50.7. The van der Waals surface area contributed by atoms with E-state index in [1.54, 1.807) is 11.3 Å². The van der Waals surface area contributed by atoms with Crippen molar-refractivity contribution in [3.8, 4) is 22.5 Å². The highest BCUT2D eigenvalue weighted by atomic mass is 32.1. The van der Waals surface area contributed by atoms with E-state index in [2.05, 4.69) is 161 Å². The predicted octanol–water partition coefficient (Wildman–Crippen LogP) is 12.4. The van der Waals surface area contributed by atoms with Gasteiger partial charge < -0.3 is 13.6 Å². The van der Waals surface area contributed by atoms with Crippen LogP contribution in [0.25, 0.3) is 98.3 Å². The molecule has 4 nitrogen and oxygen atoms in total. The molecule has 0 saturated heterocycles. The molecule has 0 unspecified atom stereocenters. The minimum Gasteiger partial charge on any atom is -0.456 e. The first-order valence-electron chi connectivity index (χ1n) is 16.5. The zero-order valence-electron chi connectivity index (χ0n) is 26.5. The third-order valence-corrected chi connectivity index (χ3v) is 10.9. The maximum atomic E-state index is 6.43. The van der Waals surface area contributed by atoms with E-state index in [4.69, 9.17) is 4.42 Å². The molecular formula is C44H27N3OS. The second-order valence-electron chi connectivity index (χ2n) is 13.0. The molecule has 0 aliphatic heterocycles. The molecule has 11 rings (SSSR count). The van der Waals surface area contributed by atoms with Crippen LogP contribution in [0.2, 0.25) is 0 Å². The van der Waals surface area contributed by atoms with E-state index in [-0.39, 0.29) is 0 Å². The Morgan fingerprint density at radius 2 is 1.06 bits per heavy atom. The summed E-state index contributed by atoms with van der Waals surface area (Å²) in [6.45, 7) is 2.17. The normalized spacial score (nSPS) is 12.2. The second kappa shape index (κ2) is 9.92. The van der Waals surface area contributed by atoms with Crippen LogP contribution in [-0.4, -0.2) is 14.1 Å². The highest BCUT2D eigenvalue weighted by Crippen LogP contribution is 2.39. The number of hydrogen-bond acceptors (Lipinski definition) is 3. The molecule has 0 fully saturated rings. The van der Waals surface area contributed by atoms with Crippen LogP contribution in [0.15, 0.2) is 149 Å². The maximum Gasteiger partial charge on any atom is 0.135 e. The highest BCUT2D eigenvalue weighted by molar-refractivity contribution is 7.16. The summed E-state index contributed by atoms with van der Waals surface area (Å²) in [5.41, 5.74) is 15.3. The van der Waals surface area contributed by atoms with E-state index >= 15 is 0 Å². The molecule has 0 amide bonds. The largest absolute Gasteiger partial charge is 0.456 e. The molecule has 4 aromatic heterocycles. The summed E-state index contributed by atoms with van der Waals surface area (Å²) in [5, 5.41) is 7.20. The monoisotopic (exact) mass is 645 g/mol. The molecule has 0 atom stereocenters. The van der Waals surface area contributed by atoms with Crippen molar-refractivity contribution in [1.29, 1.82) is 0 Å². The molecule has 0 radical (unpaired) electrons. The Balaban J connectivity index is 1.12. The molecule has 0 N–H and O–H groups in total. The molecule has 0 bridgehead atoms. The fourth-order valence-electron chi connectivity index (χ4n) is 7.86. The first-order chi connectivity index (χ1) is 24.2. The van der Waals surface area contributed by atoms with Crippen LogP contribution >= 0.6 is 11.3 Å². The number of rotatable bonds is 3. The predicted molar refractivity (Wildman–Crippen MR) is 206 cm³/mol. The van der Waals surface area contributed by atoms with Crippen molar-refractivity contribution in [3.05, 3.63) is 151 Å². The standard InChI is InChI=1S/C44H27N3OS/c1-26-10-15-40-33(20-26)34-21-27(28-12-19-44-37(22-28)45-25-49-44)11-16-41(34)47(40)30-14-18-43-36(24-30)35-23-29(13-17-42(35)48-43)46-38-8-4-2-6-31(38)32-7-3-5-9-39(32)46/h2-25H,1H3. The second-order valence-corrected chi connectivity index (χ2v) is 13.8. The van der Waals surface area contributed by atoms with Gasteiger partial charge in [-0.15, -0.1) is 11.3 Å². The van der Waals surface area contributed by atoms with Crippen molar-refractivity contribution < 1.29 is 4.42 Å². The number of aromatic nitrogens is 3. The van der Waals surface area contributed by atoms with Crippen LogP contribution in [0.3, 0.4) is 0 Å². The quantitative estimate of drug-likeness (QED) is 0.192. The fourth-order valence-corrected chi connectivity index (χ4v) is 8.52. The number of aryl methyl sites for hydroxylation is 1. The molecule has 230 valence electrons. The Bertz CT molecular complexity index is 3080. The minimum absolute atomic E-state index is 0.884. The van der Waals surface area contributed by atoms with E-state index in [0.29, 0.717) is 0 Å². The fraction of sp³-hybridized carbons (Fsp3) is 0.0227. The van der Waals surface area contributed by atoms with Gasteiger partial charge in [0, 0.05) is 43.7 Å². The Hall–Kier alpha value is -6.17. The number of furan rings is 1. The molecular weight excluding hydrogens is 619 g/mol. The Kier molecular flexibility index (Phi) is 5.44. The van der Waals surface area contributed by atoms with Gasteiger partial charge in [0.2, 0.25) is 0 Å². The van der Waals surface area contributed by atoms with Crippen molar-refractivity contribution >= 4 is 87.1 Å². The number of thiazole rings is 1. The van der Waals surface area contributed by atoms with Gasteiger partial charge in [-0.05, 0) is 103 Å². The van der Waals surface area contributed by atoms with E-state index in [9.17, 15) is 0 Å². The molecule has 0 aliphatic rings. The van der Waals surface area contributed by atoms with Gasteiger partial charge in [0.25, 0.3) is 0 Å². The lowest BCUT2D eigenvalue weighted by molar-refractivity contribution is 0.669. The molecule has 0 spiro atoms. The van der Waals surface area contributed by atoms with Crippen molar-refractivity contribution in [3.63, 3.8) is 0 Å². The average molecular weight is 646 g/mol. The first kappa shape index (κ1) is 26.9. The van der Waals surface area contributed by atoms with Gasteiger partial charge in [0.05, 0.1) is 37.8 Å². The van der Waals surface area contributed by atoms with E-state index in [1.165, 1.54) is 65.0 Å². The summed E-state index contributed by atoms with van der Waals surface area (Å²) in [4.78, 5) is 4.57. The summed E-state index contributed by atoms with van der Waals surface area (Å²) in [6.07, 6.45) is 0. The third-order valence-electron chi connectivity index (χ3n) is 10.1. The number of hydrogen-bond donors (Lipinski definition) is 0. The van der Waals surface area contributed by atoms with Gasteiger partial charge in [0.1, 0.15) is 11.2 Å². The van der Waals surface area contributed by atoms with Crippen molar-refractivity contribution in [2.24, 2.45) is 0 Å². The Morgan fingerprint density at radius 1 is 0.490 bits per heavy atom. The topological polar surface area (TPSA) is 35.9 Å². The zero-order valence-corrected chi connectivity index (χ0v) is 27.3. The Labute approximate surface area is 284 Å². The lowest BCUT2D eigenvalue weighted by atomic mass is 10.0. The van der Waals surface area contributed by atoms with Crippen molar-refractivity contribution in [2.75, 3.05) is 0 Å². The molecule has 4 heterocycles. The van der Waals surface area contributed by atoms with Crippen LogP contribution in [0, 0.1) is 6.92 Å². The highest BCUT2D eigenvalue weighted by Gasteiger charge is 2.18. The first-order valence-corrected chi connectivity index (χ1v) is 17.4. The van der Waals surface area contributed by atoms with Gasteiger partial charge in [-0.25, -0.2) is 4.98 Å². The maximum absolute atomic E-state index is 6.43. The van der Waals surface area contributed by atoms with Crippen LogP contribution in [0.4, 0.5) is 0 Å². The summed E-state index contributed by atoms with van der Waals surface area (Å²) in [5.74, 6) is 0. The van der Waals surface area contributed by atoms with E-state index in [1.807, 2.05) is 5.51 Å².